The smallest absolute Gasteiger partial charge is 0.259 e. The van der Waals surface area contributed by atoms with E-state index < -0.39 is 0 Å². The van der Waals surface area contributed by atoms with Crippen LogP contribution in [0.4, 0.5) is 10.9 Å². The average Bonchev–Trinajstić information content (AvgIpc) is 3.36. The van der Waals surface area contributed by atoms with Gasteiger partial charge in [-0.05, 0) is 23.6 Å². The van der Waals surface area contributed by atoms with Crippen LogP contribution in [0.3, 0.4) is 0 Å². The number of nitrogens with one attached hydrogen (secondary N) is 1. The molecular weight excluding hydrogens is 358 g/mol. The van der Waals surface area contributed by atoms with Crippen molar-refractivity contribution in [2.45, 2.75) is 6.10 Å². The lowest BCUT2D eigenvalue weighted by molar-refractivity contribution is 0.0418. The molecule has 0 aliphatic carbocycles. The normalized spacial score (nSPS) is 17.4. The first-order valence-electron chi connectivity index (χ1n) is 7.73. The zero-order valence-corrected chi connectivity index (χ0v) is 14.8. The molecule has 0 bridgehead atoms. The maximum Gasteiger partial charge on any atom is 0.259 e. The first-order chi connectivity index (χ1) is 12.3. The second kappa shape index (κ2) is 7.26. The Morgan fingerprint density at radius 2 is 2.28 bits per heavy atom. The van der Waals surface area contributed by atoms with Crippen LogP contribution in [0.5, 0.6) is 0 Å². The number of pyridine rings is 1. The second-order valence-electron chi connectivity index (χ2n) is 5.42. The first-order valence-corrected chi connectivity index (χ1v) is 9.49. The summed E-state index contributed by atoms with van der Waals surface area (Å²) >= 11 is 2.97. The molecule has 1 saturated heterocycles. The fourth-order valence-corrected chi connectivity index (χ4v) is 3.81. The average molecular weight is 373 g/mol. The van der Waals surface area contributed by atoms with E-state index >= 15 is 0 Å². The van der Waals surface area contributed by atoms with E-state index in [0.717, 1.165) is 18.9 Å². The Balaban J connectivity index is 1.43. The Labute approximate surface area is 152 Å². The highest BCUT2D eigenvalue weighted by atomic mass is 32.1. The summed E-state index contributed by atoms with van der Waals surface area (Å²) < 4.78 is 5.86. The molecule has 0 spiro atoms. The van der Waals surface area contributed by atoms with Crippen molar-refractivity contribution in [2.75, 3.05) is 29.9 Å². The van der Waals surface area contributed by atoms with E-state index in [9.17, 15) is 4.79 Å². The number of hydrogen-bond donors (Lipinski definition) is 1. The van der Waals surface area contributed by atoms with E-state index in [4.69, 9.17) is 4.74 Å². The van der Waals surface area contributed by atoms with Crippen molar-refractivity contribution in [2.24, 2.45) is 0 Å². The predicted octanol–water partition coefficient (Wildman–Crippen LogP) is 2.82. The minimum atomic E-state index is -0.241. The summed E-state index contributed by atoms with van der Waals surface area (Å²) in [7, 11) is 0. The van der Waals surface area contributed by atoms with Crippen molar-refractivity contribution >= 4 is 39.5 Å². The van der Waals surface area contributed by atoms with Crippen LogP contribution in [0.1, 0.15) is 21.3 Å². The molecule has 128 valence electrons. The highest BCUT2D eigenvalue weighted by Gasteiger charge is 2.23. The van der Waals surface area contributed by atoms with E-state index in [0.29, 0.717) is 17.3 Å². The van der Waals surface area contributed by atoms with Crippen molar-refractivity contribution < 1.29 is 9.53 Å². The number of thiophene rings is 1. The van der Waals surface area contributed by atoms with Gasteiger partial charge in [0.15, 0.2) is 0 Å². The fourth-order valence-electron chi connectivity index (χ4n) is 2.61. The zero-order valence-electron chi connectivity index (χ0n) is 13.2. The van der Waals surface area contributed by atoms with Gasteiger partial charge < -0.3 is 9.64 Å². The van der Waals surface area contributed by atoms with Crippen molar-refractivity contribution in [1.29, 1.82) is 0 Å². The number of rotatable bonds is 4. The van der Waals surface area contributed by atoms with Gasteiger partial charge in [0.1, 0.15) is 17.4 Å². The molecule has 1 N–H and O–H groups in total. The standard InChI is InChI=1S/C16H15N5O2S2/c22-15(19-16-20-18-10-25-16)11-3-4-14(17-8-11)21-5-6-23-12(9-21)13-2-1-7-24-13/h1-4,7-8,10,12H,5-6,9H2,(H,19,20,22). The van der Waals surface area contributed by atoms with Crippen molar-refractivity contribution in [3.63, 3.8) is 0 Å². The first kappa shape index (κ1) is 16.1. The minimum Gasteiger partial charge on any atom is -0.369 e. The van der Waals surface area contributed by atoms with E-state index in [1.54, 1.807) is 29.1 Å². The molecule has 3 aromatic rings. The molecule has 25 heavy (non-hydrogen) atoms. The fraction of sp³-hybridized carbons (Fsp3) is 0.250. The predicted molar refractivity (Wildman–Crippen MR) is 97.3 cm³/mol. The van der Waals surface area contributed by atoms with Crippen LogP contribution in [0, 0.1) is 0 Å². The molecular formula is C16H15N5O2S2. The summed E-state index contributed by atoms with van der Waals surface area (Å²) in [5.74, 6) is 0.603. The Morgan fingerprint density at radius 3 is 3.00 bits per heavy atom. The lowest BCUT2D eigenvalue weighted by atomic mass is 10.2. The SMILES string of the molecule is O=C(Nc1nncs1)c1ccc(N2CCOC(c3cccs3)C2)nc1. The largest absolute Gasteiger partial charge is 0.369 e. The molecule has 0 saturated carbocycles. The van der Waals surface area contributed by atoms with Gasteiger partial charge in [-0.15, -0.1) is 21.5 Å². The monoisotopic (exact) mass is 373 g/mol. The third-order valence-corrected chi connectivity index (χ3v) is 5.41. The summed E-state index contributed by atoms with van der Waals surface area (Å²) in [4.78, 5) is 20.0. The molecule has 4 rings (SSSR count). The summed E-state index contributed by atoms with van der Waals surface area (Å²) in [6.45, 7) is 2.19. The molecule has 1 fully saturated rings. The number of hydrogen-bond acceptors (Lipinski definition) is 8. The van der Waals surface area contributed by atoms with Crippen LogP contribution < -0.4 is 10.2 Å². The topological polar surface area (TPSA) is 80.2 Å². The molecule has 9 heteroatoms. The van der Waals surface area contributed by atoms with Crippen LogP contribution in [0.25, 0.3) is 0 Å². The molecule has 7 nitrogen and oxygen atoms in total. The summed E-state index contributed by atoms with van der Waals surface area (Å²) in [6, 6.07) is 7.76. The Bertz CT molecular complexity index is 821. The van der Waals surface area contributed by atoms with Gasteiger partial charge in [0.05, 0.1) is 18.7 Å². The Morgan fingerprint density at radius 1 is 1.32 bits per heavy atom. The van der Waals surface area contributed by atoms with Crippen LogP contribution in [0.15, 0.2) is 41.4 Å². The summed E-state index contributed by atoms with van der Waals surface area (Å²) in [6.07, 6.45) is 1.65. The quantitative estimate of drug-likeness (QED) is 0.757. The van der Waals surface area contributed by atoms with Crippen LogP contribution in [-0.2, 0) is 4.74 Å². The van der Waals surface area contributed by atoms with E-state index in [2.05, 4.69) is 36.8 Å². The van der Waals surface area contributed by atoms with Gasteiger partial charge in [-0.3, -0.25) is 10.1 Å². The number of aromatic nitrogens is 3. The number of carbonyl (C=O) groups is 1. The second-order valence-corrected chi connectivity index (χ2v) is 7.24. The van der Waals surface area contributed by atoms with Crippen LogP contribution in [0.2, 0.25) is 0 Å². The third kappa shape index (κ3) is 3.68. The number of amides is 1. The maximum absolute atomic E-state index is 12.2. The summed E-state index contributed by atoms with van der Waals surface area (Å²) in [5, 5.41) is 12.7. The van der Waals surface area contributed by atoms with E-state index in [1.807, 2.05) is 12.1 Å². The Kier molecular flexibility index (Phi) is 4.68. The maximum atomic E-state index is 12.2. The summed E-state index contributed by atoms with van der Waals surface area (Å²) in [5.41, 5.74) is 2.06. The van der Waals surface area contributed by atoms with Gasteiger partial charge in [-0.1, -0.05) is 17.4 Å². The number of carbonyl (C=O) groups excluding carboxylic acids is 1. The van der Waals surface area contributed by atoms with Crippen LogP contribution >= 0.6 is 22.7 Å². The molecule has 1 atom stereocenters. The van der Waals surface area contributed by atoms with Crippen molar-refractivity contribution in [3.05, 3.63) is 51.8 Å². The highest BCUT2D eigenvalue weighted by Crippen LogP contribution is 2.28. The molecule has 1 amide bonds. The lowest BCUT2D eigenvalue weighted by Gasteiger charge is -2.33. The number of morpholine rings is 1. The molecule has 1 aliphatic rings. The third-order valence-electron chi connectivity index (χ3n) is 3.84. The molecule has 1 unspecified atom stereocenters. The highest BCUT2D eigenvalue weighted by molar-refractivity contribution is 7.13. The van der Waals surface area contributed by atoms with Gasteiger partial charge in [0.2, 0.25) is 5.13 Å². The molecule has 0 aromatic carbocycles. The van der Waals surface area contributed by atoms with Gasteiger partial charge in [0, 0.05) is 17.6 Å². The molecule has 1 aliphatic heterocycles. The number of anilines is 2. The van der Waals surface area contributed by atoms with Gasteiger partial charge in [-0.25, -0.2) is 4.98 Å². The minimum absolute atomic E-state index is 0.0657. The molecule has 0 radical (unpaired) electrons. The van der Waals surface area contributed by atoms with E-state index in [1.165, 1.54) is 16.2 Å². The molecule has 3 aromatic heterocycles. The zero-order chi connectivity index (χ0) is 17.1. The number of nitrogens with zero attached hydrogens (tertiary/aromatic N) is 4. The Hall–Kier alpha value is -2.36. The van der Waals surface area contributed by atoms with Gasteiger partial charge in [0.25, 0.3) is 5.91 Å². The lowest BCUT2D eigenvalue weighted by Crippen LogP contribution is -2.38. The van der Waals surface area contributed by atoms with Gasteiger partial charge in [-0.2, -0.15) is 0 Å². The van der Waals surface area contributed by atoms with E-state index in [-0.39, 0.29) is 12.0 Å². The van der Waals surface area contributed by atoms with Crippen molar-refractivity contribution in [1.82, 2.24) is 15.2 Å². The molecule has 4 heterocycles. The van der Waals surface area contributed by atoms with Crippen molar-refractivity contribution in [3.8, 4) is 0 Å². The van der Waals surface area contributed by atoms with Gasteiger partial charge >= 0.3 is 0 Å². The van der Waals surface area contributed by atoms with Crippen LogP contribution in [-0.4, -0.2) is 40.8 Å². The number of ether oxygens (including phenoxy) is 1.